The van der Waals surface area contributed by atoms with Gasteiger partial charge in [-0.2, -0.15) is 0 Å². The van der Waals surface area contributed by atoms with Crippen LogP contribution < -0.4 is 5.32 Å². The minimum absolute atomic E-state index is 0.689. The summed E-state index contributed by atoms with van der Waals surface area (Å²) in [5.74, 6) is 0.905. The van der Waals surface area contributed by atoms with E-state index in [9.17, 15) is 0 Å². The average Bonchev–Trinajstić information content (AvgIpc) is 2.52. The molecule has 0 unspecified atom stereocenters. The summed E-state index contributed by atoms with van der Waals surface area (Å²) < 4.78 is 0. The first-order valence-electron chi connectivity index (χ1n) is 7.14. The van der Waals surface area contributed by atoms with Crippen LogP contribution in [0.15, 0.2) is 59.9 Å². The number of aromatic nitrogens is 1. The van der Waals surface area contributed by atoms with Crippen LogP contribution in [0.1, 0.15) is 11.1 Å². The molecule has 0 fully saturated rings. The third-order valence-electron chi connectivity index (χ3n) is 3.10. The zero-order chi connectivity index (χ0) is 14.9. The highest BCUT2D eigenvalue weighted by molar-refractivity contribution is 5.79. The predicted octanol–water partition coefficient (Wildman–Crippen LogP) is 2.33. The number of nitrogens with one attached hydrogen (secondary N) is 1. The molecule has 0 amide bonds. The minimum Gasteiger partial charge on any atom is -0.356 e. The monoisotopic (exact) mass is 282 g/mol. The second kappa shape index (κ2) is 8.04. The van der Waals surface area contributed by atoms with Crippen molar-refractivity contribution in [2.24, 2.45) is 4.99 Å². The molecule has 0 spiro atoms. The standard InChI is InChI=1S/C17H22N4/c1-21(2)17(20-14-15-7-4-3-5-8-15)19-12-10-16-9-6-11-18-13-16/h3-9,11,13H,10,12,14H2,1-2H3,(H,19,20). The second-order valence-electron chi connectivity index (χ2n) is 5.06. The van der Waals surface area contributed by atoms with E-state index in [1.807, 2.05) is 49.5 Å². The second-order valence-corrected chi connectivity index (χ2v) is 5.06. The van der Waals surface area contributed by atoms with Crippen LogP contribution in [0.5, 0.6) is 0 Å². The molecule has 0 aliphatic carbocycles. The molecule has 2 aromatic rings. The van der Waals surface area contributed by atoms with Gasteiger partial charge in [-0.25, -0.2) is 4.99 Å². The van der Waals surface area contributed by atoms with Crippen LogP contribution in [0, 0.1) is 0 Å². The number of hydrogen-bond acceptors (Lipinski definition) is 2. The molecule has 4 nitrogen and oxygen atoms in total. The largest absolute Gasteiger partial charge is 0.356 e. The van der Waals surface area contributed by atoms with Gasteiger partial charge in [-0.3, -0.25) is 4.98 Å². The van der Waals surface area contributed by atoms with E-state index in [1.54, 1.807) is 6.20 Å². The fourth-order valence-electron chi connectivity index (χ4n) is 1.97. The van der Waals surface area contributed by atoms with Gasteiger partial charge in [-0.1, -0.05) is 36.4 Å². The van der Waals surface area contributed by atoms with Crippen molar-refractivity contribution in [1.82, 2.24) is 15.2 Å². The molecule has 21 heavy (non-hydrogen) atoms. The van der Waals surface area contributed by atoms with E-state index in [-0.39, 0.29) is 0 Å². The first kappa shape index (κ1) is 15.0. The summed E-state index contributed by atoms with van der Waals surface area (Å²) in [6, 6.07) is 14.3. The van der Waals surface area contributed by atoms with Crippen molar-refractivity contribution in [3.8, 4) is 0 Å². The lowest BCUT2D eigenvalue weighted by atomic mass is 10.2. The Morgan fingerprint density at radius 1 is 1.10 bits per heavy atom. The summed E-state index contributed by atoms with van der Waals surface area (Å²) in [7, 11) is 4.00. The first-order chi connectivity index (χ1) is 10.3. The first-order valence-corrected chi connectivity index (χ1v) is 7.14. The van der Waals surface area contributed by atoms with Crippen LogP contribution in [0.3, 0.4) is 0 Å². The third-order valence-corrected chi connectivity index (χ3v) is 3.10. The normalized spacial score (nSPS) is 11.2. The van der Waals surface area contributed by atoms with E-state index in [1.165, 1.54) is 11.1 Å². The van der Waals surface area contributed by atoms with Crippen LogP contribution in [0.2, 0.25) is 0 Å². The highest BCUT2D eigenvalue weighted by Gasteiger charge is 2.01. The van der Waals surface area contributed by atoms with E-state index in [0.717, 1.165) is 18.9 Å². The summed E-state index contributed by atoms with van der Waals surface area (Å²) in [6.45, 7) is 1.53. The van der Waals surface area contributed by atoms with Gasteiger partial charge in [0.25, 0.3) is 0 Å². The smallest absolute Gasteiger partial charge is 0.193 e. The van der Waals surface area contributed by atoms with Crippen LogP contribution in [-0.2, 0) is 13.0 Å². The van der Waals surface area contributed by atoms with Gasteiger partial charge >= 0.3 is 0 Å². The number of guanidine groups is 1. The summed E-state index contributed by atoms with van der Waals surface area (Å²) in [4.78, 5) is 10.8. The molecule has 0 aliphatic rings. The van der Waals surface area contributed by atoms with Gasteiger partial charge in [0.1, 0.15) is 0 Å². The molecule has 0 radical (unpaired) electrons. The van der Waals surface area contributed by atoms with E-state index >= 15 is 0 Å². The van der Waals surface area contributed by atoms with Crippen molar-refractivity contribution in [1.29, 1.82) is 0 Å². The average molecular weight is 282 g/mol. The molecule has 1 aromatic heterocycles. The lowest BCUT2D eigenvalue weighted by Crippen LogP contribution is -2.37. The molecule has 0 bridgehead atoms. The highest BCUT2D eigenvalue weighted by Crippen LogP contribution is 2.01. The molecule has 4 heteroatoms. The summed E-state index contributed by atoms with van der Waals surface area (Å²) in [5, 5.41) is 3.39. The summed E-state index contributed by atoms with van der Waals surface area (Å²) in [6.07, 6.45) is 4.63. The number of nitrogens with zero attached hydrogens (tertiary/aromatic N) is 3. The fourth-order valence-corrected chi connectivity index (χ4v) is 1.97. The third kappa shape index (κ3) is 5.26. The lowest BCUT2D eigenvalue weighted by molar-refractivity contribution is 0.579. The van der Waals surface area contributed by atoms with E-state index < -0.39 is 0 Å². The molecule has 0 atom stereocenters. The van der Waals surface area contributed by atoms with Crippen molar-refractivity contribution >= 4 is 5.96 Å². The van der Waals surface area contributed by atoms with Crippen molar-refractivity contribution < 1.29 is 0 Å². The van der Waals surface area contributed by atoms with Crippen LogP contribution in [0.4, 0.5) is 0 Å². The van der Waals surface area contributed by atoms with Crippen molar-refractivity contribution in [2.45, 2.75) is 13.0 Å². The molecule has 1 N–H and O–H groups in total. The zero-order valence-corrected chi connectivity index (χ0v) is 12.7. The molecular formula is C17H22N4. The minimum atomic E-state index is 0.689. The van der Waals surface area contributed by atoms with Gasteiger partial charge in [0, 0.05) is 33.0 Å². The number of aliphatic imine (C=N–C) groups is 1. The zero-order valence-electron chi connectivity index (χ0n) is 12.7. The summed E-state index contributed by atoms with van der Waals surface area (Å²) >= 11 is 0. The van der Waals surface area contributed by atoms with Gasteiger partial charge in [-0.15, -0.1) is 0 Å². The number of pyridine rings is 1. The molecule has 1 heterocycles. The molecule has 0 saturated carbocycles. The Kier molecular flexibility index (Phi) is 5.76. The quantitative estimate of drug-likeness (QED) is 0.676. The maximum absolute atomic E-state index is 4.64. The van der Waals surface area contributed by atoms with Crippen molar-refractivity contribution in [2.75, 3.05) is 20.6 Å². The Labute approximate surface area is 126 Å². The maximum atomic E-state index is 4.64. The molecular weight excluding hydrogens is 260 g/mol. The van der Waals surface area contributed by atoms with Gasteiger partial charge in [0.05, 0.1) is 6.54 Å². The maximum Gasteiger partial charge on any atom is 0.193 e. The van der Waals surface area contributed by atoms with E-state index in [0.29, 0.717) is 6.54 Å². The van der Waals surface area contributed by atoms with Gasteiger partial charge in [0.2, 0.25) is 0 Å². The topological polar surface area (TPSA) is 40.5 Å². The van der Waals surface area contributed by atoms with Crippen molar-refractivity contribution in [3.05, 3.63) is 66.0 Å². The summed E-state index contributed by atoms with van der Waals surface area (Å²) in [5.41, 5.74) is 2.44. The molecule has 2 rings (SSSR count). The van der Waals surface area contributed by atoms with Crippen molar-refractivity contribution in [3.63, 3.8) is 0 Å². The molecule has 0 saturated heterocycles. The Morgan fingerprint density at radius 3 is 2.52 bits per heavy atom. The number of rotatable bonds is 5. The number of hydrogen-bond donors (Lipinski definition) is 1. The van der Waals surface area contributed by atoms with Gasteiger partial charge in [0.15, 0.2) is 5.96 Å². The Hall–Kier alpha value is -2.36. The molecule has 0 aliphatic heterocycles. The van der Waals surface area contributed by atoms with Crippen LogP contribution in [0.25, 0.3) is 0 Å². The Morgan fingerprint density at radius 2 is 1.86 bits per heavy atom. The van der Waals surface area contributed by atoms with E-state index in [2.05, 4.69) is 33.5 Å². The predicted molar refractivity (Wildman–Crippen MR) is 87.2 cm³/mol. The van der Waals surface area contributed by atoms with Crippen LogP contribution in [-0.4, -0.2) is 36.5 Å². The lowest BCUT2D eigenvalue weighted by Gasteiger charge is -2.17. The Bertz CT molecular complexity index is 550. The molecule has 110 valence electrons. The highest BCUT2D eigenvalue weighted by atomic mass is 15.3. The SMILES string of the molecule is CN(C)C(=NCc1ccccc1)NCCc1cccnc1. The van der Waals surface area contributed by atoms with E-state index in [4.69, 9.17) is 0 Å². The number of benzene rings is 1. The molecule has 1 aromatic carbocycles. The fraction of sp³-hybridized carbons (Fsp3) is 0.294. The van der Waals surface area contributed by atoms with Gasteiger partial charge < -0.3 is 10.2 Å². The van der Waals surface area contributed by atoms with Crippen LogP contribution >= 0.6 is 0 Å². The van der Waals surface area contributed by atoms with Gasteiger partial charge in [-0.05, 0) is 23.6 Å². The Balaban J connectivity index is 1.87.